The van der Waals surface area contributed by atoms with Crippen molar-refractivity contribution in [1.82, 2.24) is 0 Å². The Balaban J connectivity index is 1.44. The number of rotatable bonds is 6. The van der Waals surface area contributed by atoms with Crippen molar-refractivity contribution in [2.24, 2.45) is 0 Å². The van der Waals surface area contributed by atoms with E-state index in [0.717, 1.165) is 5.56 Å². The van der Waals surface area contributed by atoms with E-state index in [4.69, 9.17) is 4.74 Å². The lowest BCUT2D eigenvalue weighted by Gasteiger charge is -2.20. The number of benzene rings is 3. The quantitative estimate of drug-likeness (QED) is 0.631. The average Bonchev–Trinajstić information content (AvgIpc) is 3.19. The maximum absolute atomic E-state index is 13.1. The van der Waals surface area contributed by atoms with Gasteiger partial charge in [0.1, 0.15) is 11.6 Å². The minimum atomic E-state index is -3.70. The molecule has 160 valence electrons. The van der Waals surface area contributed by atoms with E-state index in [-0.39, 0.29) is 11.5 Å². The lowest BCUT2D eigenvalue weighted by Crippen LogP contribution is -2.29. The van der Waals surface area contributed by atoms with Crippen molar-refractivity contribution in [2.75, 3.05) is 22.8 Å². The number of nitrogens with one attached hydrogen (secondary N) is 1. The molecule has 1 heterocycles. The normalized spacial score (nSPS) is 13.0. The smallest absolute Gasteiger partial charge is 0.264 e. The highest BCUT2D eigenvalue weighted by atomic mass is 32.2. The van der Waals surface area contributed by atoms with E-state index in [1.54, 1.807) is 19.1 Å². The van der Waals surface area contributed by atoms with Crippen LogP contribution in [0, 0.1) is 12.7 Å². The molecular formula is C23H21FN2O4S. The van der Waals surface area contributed by atoms with Crippen molar-refractivity contribution in [2.45, 2.75) is 18.2 Å². The molecule has 0 unspecified atom stereocenters. The number of sulfonamides is 1. The number of fused-ring (bicyclic) bond motifs is 1. The van der Waals surface area contributed by atoms with Crippen LogP contribution in [0.5, 0.6) is 5.75 Å². The van der Waals surface area contributed by atoms with Gasteiger partial charge in [-0.05, 0) is 73.0 Å². The van der Waals surface area contributed by atoms with Gasteiger partial charge in [0.05, 0.1) is 10.6 Å². The highest BCUT2D eigenvalue weighted by Crippen LogP contribution is 2.33. The third kappa shape index (κ3) is 4.39. The SMILES string of the molecule is Cc1cc(S(=O)(=O)N2CCc3ccccc32)ccc1OCC(=O)Nc1ccc(F)cc1. The van der Waals surface area contributed by atoms with E-state index in [2.05, 4.69) is 5.32 Å². The third-order valence-electron chi connectivity index (χ3n) is 5.07. The second kappa shape index (κ2) is 8.39. The number of halogens is 1. The number of aryl methyl sites for hydroxylation is 1. The molecule has 0 atom stereocenters. The zero-order valence-corrected chi connectivity index (χ0v) is 17.7. The fourth-order valence-corrected chi connectivity index (χ4v) is 5.09. The summed E-state index contributed by atoms with van der Waals surface area (Å²) in [6.45, 7) is 1.87. The number of carbonyl (C=O) groups is 1. The maximum atomic E-state index is 13.1. The van der Waals surface area contributed by atoms with E-state index in [9.17, 15) is 17.6 Å². The van der Waals surface area contributed by atoms with Crippen LogP contribution in [0.3, 0.4) is 0 Å². The van der Waals surface area contributed by atoms with Crippen molar-refractivity contribution in [3.63, 3.8) is 0 Å². The maximum Gasteiger partial charge on any atom is 0.264 e. The van der Waals surface area contributed by atoms with E-state index >= 15 is 0 Å². The summed E-state index contributed by atoms with van der Waals surface area (Å²) >= 11 is 0. The number of carbonyl (C=O) groups excluding carboxylic acids is 1. The van der Waals surface area contributed by atoms with Gasteiger partial charge in [0, 0.05) is 12.2 Å². The highest BCUT2D eigenvalue weighted by Gasteiger charge is 2.30. The molecule has 0 fully saturated rings. The number of hydrogen-bond donors (Lipinski definition) is 1. The summed E-state index contributed by atoms with van der Waals surface area (Å²) in [5.74, 6) is -0.385. The molecule has 0 saturated heterocycles. The average molecular weight is 440 g/mol. The molecule has 1 aliphatic rings. The molecule has 3 aromatic rings. The molecule has 0 spiro atoms. The van der Waals surface area contributed by atoms with Gasteiger partial charge >= 0.3 is 0 Å². The molecule has 0 saturated carbocycles. The van der Waals surface area contributed by atoms with Crippen LogP contribution >= 0.6 is 0 Å². The van der Waals surface area contributed by atoms with Gasteiger partial charge in [-0.3, -0.25) is 9.10 Å². The van der Waals surface area contributed by atoms with Crippen LogP contribution in [-0.4, -0.2) is 27.5 Å². The lowest BCUT2D eigenvalue weighted by molar-refractivity contribution is -0.118. The number of anilines is 2. The molecule has 1 aliphatic heterocycles. The monoisotopic (exact) mass is 440 g/mol. The third-order valence-corrected chi connectivity index (χ3v) is 6.87. The second-order valence-corrected chi connectivity index (χ2v) is 9.09. The molecule has 1 N–H and O–H groups in total. The van der Waals surface area contributed by atoms with Gasteiger partial charge in [-0.15, -0.1) is 0 Å². The van der Waals surface area contributed by atoms with Crippen LogP contribution in [0.2, 0.25) is 0 Å². The van der Waals surface area contributed by atoms with E-state index < -0.39 is 21.7 Å². The number of hydrogen-bond acceptors (Lipinski definition) is 4. The van der Waals surface area contributed by atoms with Gasteiger partial charge in [0.2, 0.25) is 0 Å². The highest BCUT2D eigenvalue weighted by molar-refractivity contribution is 7.92. The number of para-hydroxylation sites is 1. The molecule has 1 amide bonds. The lowest BCUT2D eigenvalue weighted by atomic mass is 10.2. The van der Waals surface area contributed by atoms with E-state index in [1.807, 2.05) is 24.3 Å². The molecule has 0 bridgehead atoms. The van der Waals surface area contributed by atoms with Crippen LogP contribution in [0.25, 0.3) is 0 Å². The van der Waals surface area contributed by atoms with Gasteiger partial charge in [-0.25, -0.2) is 12.8 Å². The van der Waals surface area contributed by atoms with Crippen molar-refractivity contribution in [1.29, 1.82) is 0 Å². The number of amides is 1. The Morgan fingerprint density at radius 3 is 2.58 bits per heavy atom. The standard InChI is InChI=1S/C23H21FN2O4S/c1-16-14-20(31(28,29)26-13-12-17-4-2-3-5-21(17)26)10-11-22(16)30-15-23(27)25-19-8-6-18(24)7-9-19/h2-11,14H,12-13,15H2,1H3,(H,25,27). The van der Waals surface area contributed by atoms with Crippen LogP contribution in [0.1, 0.15) is 11.1 Å². The summed E-state index contributed by atoms with van der Waals surface area (Å²) in [7, 11) is -3.70. The van der Waals surface area contributed by atoms with Gasteiger partial charge in [-0.1, -0.05) is 18.2 Å². The predicted octanol–water partition coefficient (Wildman–Crippen LogP) is 3.90. The Labute approximate surface area is 180 Å². The zero-order chi connectivity index (χ0) is 22.0. The minimum absolute atomic E-state index is 0.171. The van der Waals surface area contributed by atoms with Crippen molar-refractivity contribution in [3.8, 4) is 5.75 Å². The summed E-state index contributed by atoms with van der Waals surface area (Å²) in [5.41, 5.74) is 2.77. The van der Waals surface area contributed by atoms with Gasteiger partial charge in [0.25, 0.3) is 15.9 Å². The van der Waals surface area contributed by atoms with Crippen molar-refractivity contribution >= 4 is 27.3 Å². The Kier molecular flexibility index (Phi) is 5.65. The van der Waals surface area contributed by atoms with Crippen LogP contribution in [0.15, 0.2) is 71.6 Å². The first-order chi connectivity index (χ1) is 14.8. The van der Waals surface area contributed by atoms with Gasteiger partial charge in [0.15, 0.2) is 6.61 Å². The first-order valence-corrected chi connectivity index (χ1v) is 11.2. The summed E-state index contributed by atoms with van der Waals surface area (Å²) in [6.07, 6.45) is 0.679. The molecular weight excluding hydrogens is 419 g/mol. The predicted molar refractivity (Wildman–Crippen MR) is 116 cm³/mol. The van der Waals surface area contributed by atoms with Crippen LogP contribution < -0.4 is 14.4 Å². The first-order valence-electron chi connectivity index (χ1n) is 9.74. The first kappa shape index (κ1) is 20.9. The Bertz CT molecular complexity index is 1230. The molecule has 31 heavy (non-hydrogen) atoms. The van der Waals surface area contributed by atoms with Crippen molar-refractivity contribution in [3.05, 3.63) is 83.7 Å². The van der Waals surface area contributed by atoms with Crippen LogP contribution in [0.4, 0.5) is 15.8 Å². The fraction of sp³-hybridized carbons (Fsp3) is 0.174. The molecule has 6 nitrogen and oxygen atoms in total. The van der Waals surface area contributed by atoms with Gasteiger partial charge < -0.3 is 10.1 Å². The van der Waals surface area contributed by atoms with E-state index in [1.165, 1.54) is 34.6 Å². The second-order valence-electron chi connectivity index (χ2n) is 7.23. The minimum Gasteiger partial charge on any atom is -0.483 e. The van der Waals surface area contributed by atoms with Crippen molar-refractivity contribution < 1.29 is 22.3 Å². The summed E-state index contributed by atoms with van der Waals surface area (Å²) < 4.78 is 46.2. The molecule has 4 rings (SSSR count). The molecule has 0 aliphatic carbocycles. The fourth-order valence-electron chi connectivity index (χ4n) is 3.50. The topological polar surface area (TPSA) is 75.7 Å². The Hall–Kier alpha value is -3.39. The summed E-state index contributed by atoms with van der Waals surface area (Å²) in [4.78, 5) is 12.2. The molecule has 0 radical (unpaired) electrons. The molecule has 0 aromatic heterocycles. The van der Waals surface area contributed by atoms with Gasteiger partial charge in [-0.2, -0.15) is 0 Å². The Morgan fingerprint density at radius 1 is 1.10 bits per heavy atom. The summed E-state index contributed by atoms with van der Waals surface area (Å²) in [6, 6.07) is 17.5. The van der Waals surface area contributed by atoms with Crippen LogP contribution in [-0.2, 0) is 21.2 Å². The largest absolute Gasteiger partial charge is 0.483 e. The Morgan fingerprint density at radius 2 is 1.84 bits per heavy atom. The molecule has 8 heteroatoms. The number of nitrogens with zero attached hydrogens (tertiary/aromatic N) is 1. The number of ether oxygens (including phenoxy) is 1. The van der Waals surface area contributed by atoms with E-state index in [0.29, 0.717) is 35.7 Å². The summed E-state index contributed by atoms with van der Waals surface area (Å²) in [5, 5.41) is 2.61. The zero-order valence-electron chi connectivity index (χ0n) is 16.8. The molecule has 3 aromatic carbocycles.